The maximum absolute atomic E-state index is 11.9. The molecule has 0 bridgehead atoms. The summed E-state index contributed by atoms with van der Waals surface area (Å²) in [6.07, 6.45) is 2.15. The van der Waals surface area contributed by atoms with Crippen molar-refractivity contribution in [3.8, 4) is 0 Å². The van der Waals surface area contributed by atoms with E-state index in [1.807, 2.05) is 24.4 Å². The Hall–Kier alpha value is -2.30. The SMILES string of the molecule is CN(C)C(=O)CCNC(=O)c1ccc2[nH]ccc2c1. The molecule has 19 heavy (non-hydrogen) atoms. The molecule has 1 aromatic heterocycles. The molecule has 5 heteroatoms. The van der Waals surface area contributed by atoms with Gasteiger partial charge in [0.1, 0.15) is 0 Å². The minimum absolute atomic E-state index is 0.00128. The fourth-order valence-corrected chi connectivity index (χ4v) is 1.80. The van der Waals surface area contributed by atoms with E-state index in [1.54, 1.807) is 20.2 Å². The van der Waals surface area contributed by atoms with Crippen molar-refractivity contribution < 1.29 is 9.59 Å². The van der Waals surface area contributed by atoms with Crippen LogP contribution in [0.25, 0.3) is 10.9 Å². The molecule has 0 saturated heterocycles. The van der Waals surface area contributed by atoms with E-state index in [0.29, 0.717) is 18.5 Å². The van der Waals surface area contributed by atoms with E-state index in [0.717, 1.165) is 10.9 Å². The maximum atomic E-state index is 11.9. The number of H-pyrrole nitrogens is 1. The highest BCUT2D eigenvalue weighted by Gasteiger charge is 2.08. The van der Waals surface area contributed by atoms with Gasteiger partial charge in [0.15, 0.2) is 0 Å². The fraction of sp³-hybridized carbons (Fsp3) is 0.286. The Morgan fingerprint density at radius 3 is 2.79 bits per heavy atom. The van der Waals surface area contributed by atoms with Crippen LogP contribution in [0, 0.1) is 0 Å². The molecular weight excluding hydrogens is 242 g/mol. The molecule has 2 aromatic rings. The summed E-state index contributed by atoms with van der Waals surface area (Å²) >= 11 is 0. The third-order valence-electron chi connectivity index (χ3n) is 2.94. The number of nitrogens with zero attached hydrogens (tertiary/aromatic N) is 1. The van der Waals surface area contributed by atoms with Crippen LogP contribution in [-0.2, 0) is 4.79 Å². The number of fused-ring (bicyclic) bond motifs is 1. The molecule has 0 fully saturated rings. The topological polar surface area (TPSA) is 65.2 Å². The quantitative estimate of drug-likeness (QED) is 0.871. The molecule has 0 aliphatic heterocycles. The number of aromatic amines is 1. The second-order valence-corrected chi connectivity index (χ2v) is 4.57. The average molecular weight is 259 g/mol. The van der Waals surface area contributed by atoms with Crippen LogP contribution >= 0.6 is 0 Å². The molecular formula is C14H17N3O2. The largest absolute Gasteiger partial charge is 0.361 e. The zero-order chi connectivity index (χ0) is 13.8. The van der Waals surface area contributed by atoms with Crippen LogP contribution in [0.4, 0.5) is 0 Å². The van der Waals surface area contributed by atoms with Crippen molar-refractivity contribution in [2.24, 2.45) is 0 Å². The second-order valence-electron chi connectivity index (χ2n) is 4.57. The highest BCUT2D eigenvalue weighted by atomic mass is 16.2. The van der Waals surface area contributed by atoms with E-state index in [2.05, 4.69) is 10.3 Å². The molecule has 0 saturated carbocycles. The standard InChI is InChI=1S/C14H17N3O2/c1-17(2)13(18)6-8-16-14(19)11-3-4-12-10(9-11)5-7-15-12/h3-5,7,9,15H,6,8H2,1-2H3,(H,16,19). The van der Waals surface area contributed by atoms with Crippen LogP contribution in [0.1, 0.15) is 16.8 Å². The first-order chi connectivity index (χ1) is 9.08. The molecule has 1 heterocycles. The monoisotopic (exact) mass is 259 g/mol. The van der Waals surface area contributed by atoms with Crippen molar-refractivity contribution in [1.82, 2.24) is 15.2 Å². The Balaban J connectivity index is 1.94. The van der Waals surface area contributed by atoms with Gasteiger partial charge in [-0.25, -0.2) is 0 Å². The van der Waals surface area contributed by atoms with Crippen LogP contribution in [0.15, 0.2) is 30.5 Å². The van der Waals surface area contributed by atoms with E-state index < -0.39 is 0 Å². The summed E-state index contributed by atoms with van der Waals surface area (Å²) in [5.41, 5.74) is 1.60. The average Bonchev–Trinajstić information content (AvgIpc) is 2.85. The predicted octanol–water partition coefficient (Wildman–Crippen LogP) is 1.38. The molecule has 2 rings (SSSR count). The molecule has 5 nitrogen and oxygen atoms in total. The summed E-state index contributed by atoms with van der Waals surface area (Å²) in [7, 11) is 3.40. The number of hydrogen-bond donors (Lipinski definition) is 2. The summed E-state index contributed by atoms with van der Waals surface area (Å²) < 4.78 is 0. The predicted molar refractivity (Wildman–Crippen MR) is 73.9 cm³/mol. The van der Waals surface area contributed by atoms with Gasteiger partial charge in [-0.05, 0) is 24.3 Å². The summed E-state index contributed by atoms with van der Waals surface area (Å²) in [4.78, 5) is 27.9. The lowest BCUT2D eigenvalue weighted by Gasteiger charge is -2.10. The van der Waals surface area contributed by atoms with Gasteiger partial charge < -0.3 is 15.2 Å². The van der Waals surface area contributed by atoms with Gasteiger partial charge in [-0.15, -0.1) is 0 Å². The second kappa shape index (κ2) is 5.56. The zero-order valence-electron chi connectivity index (χ0n) is 11.1. The van der Waals surface area contributed by atoms with Crippen molar-refractivity contribution in [3.05, 3.63) is 36.0 Å². The number of benzene rings is 1. The Morgan fingerprint density at radius 1 is 1.26 bits per heavy atom. The van der Waals surface area contributed by atoms with Crippen molar-refractivity contribution in [3.63, 3.8) is 0 Å². The van der Waals surface area contributed by atoms with Crippen molar-refractivity contribution in [2.75, 3.05) is 20.6 Å². The van der Waals surface area contributed by atoms with Gasteiger partial charge >= 0.3 is 0 Å². The molecule has 100 valence electrons. The summed E-state index contributed by atoms with van der Waals surface area (Å²) in [6, 6.07) is 7.38. The van der Waals surface area contributed by atoms with Gasteiger partial charge in [0.05, 0.1) is 0 Å². The third-order valence-corrected chi connectivity index (χ3v) is 2.94. The molecule has 1 aromatic carbocycles. The number of nitrogens with one attached hydrogen (secondary N) is 2. The first-order valence-electron chi connectivity index (χ1n) is 6.13. The molecule has 2 N–H and O–H groups in total. The lowest BCUT2D eigenvalue weighted by Crippen LogP contribution is -2.30. The minimum atomic E-state index is -0.158. The molecule has 0 atom stereocenters. The van der Waals surface area contributed by atoms with Crippen LogP contribution in [0.5, 0.6) is 0 Å². The van der Waals surface area contributed by atoms with Crippen molar-refractivity contribution >= 4 is 22.7 Å². The van der Waals surface area contributed by atoms with Crippen LogP contribution in [-0.4, -0.2) is 42.3 Å². The molecule has 0 aliphatic carbocycles. The molecule has 2 amide bonds. The first kappa shape index (κ1) is 13.1. The maximum Gasteiger partial charge on any atom is 0.251 e. The summed E-state index contributed by atoms with van der Waals surface area (Å²) in [5, 5.41) is 3.74. The number of rotatable bonds is 4. The number of amides is 2. The third kappa shape index (κ3) is 3.13. The minimum Gasteiger partial charge on any atom is -0.361 e. The van der Waals surface area contributed by atoms with Gasteiger partial charge in [0.25, 0.3) is 5.91 Å². The molecule has 0 aliphatic rings. The number of carbonyl (C=O) groups is 2. The van der Waals surface area contributed by atoms with Crippen LogP contribution < -0.4 is 5.32 Å². The number of aromatic nitrogens is 1. The van der Waals surface area contributed by atoms with Crippen LogP contribution in [0.2, 0.25) is 0 Å². The van der Waals surface area contributed by atoms with Gasteiger partial charge in [-0.3, -0.25) is 9.59 Å². The van der Waals surface area contributed by atoms with Crippen LogP contribution in [0.3, 0.4) is 0 Å². The smallest absolute Gasteiger partial charge is 0.251 e. The van der Waals surface area contributed by atoms with E-state index >= 15 is 0 Å². The molecule has 0 spiro atoms. The first-order valence-corrected chi connectivity index (χ1v) is 6.13. The van der Waals surface area contributed by atoms with Gasteiger partial charge in [-0.2, -0.15) is 0 Å². The Labute approximate surface area is 111 Å². The van der Waals surface area contributed by atoms with Gasteiger partial charge in [0, 0.05) is 49.7 Å². The molecule has 0 unspecified atom stereocenters. The number of carbonyl (C=O) groups excluding carboxylic acids is 2. The van der Waals surface area contributed by atoms with E-state index in [9.17, 15) is 9.59 Å². The Kier molecular flexibility index (Phi) is 3.85. The zero-order valence-corrected chi connectivity index (χ0v) is 11.1. The van der Waals surface area contributed by atoms with E-state index in [-0.39, 0.29) is 11.8 Å². The normalized spacial score (nSPS) is 10.4. The Bertz CT molecular complexity index is 602. The van der Waals surface area contributed by atoms with Crippen molar-refractivity contribution in [2.45, 2.75) is 6.42 Å². The summed E-state index contributed by atoms with van der Waals surface area (Å²) in [6.45, 7) is 0.348. The van der Waals surface area contributed by atoms with E-state index in [1.165, 1.54) is 4.90 Å². The van der Waals surface area contributed by atoms with Gasteiger partial charge in [-0.1, -0.05) is 0 Å². The highest BCUT2D eigenvalue weighted by molar-refractivity contribution is 5.98. The van der Waals surface area contributed by atoms with Crippen molar-refractivity contribution in [1.29, 1.82) is 0 Å². The Morgan fingerprint density at radius 2 is 2.05 bits per heavy atom. The summed E-state index contributed by atoms with van der Waals surface area (Å²) in [5.74, 6) is -0.156. The fourth-order valence-electron chi connectivity index (χ4n) is 1.80. The molecule has 0 radical (unpaired) electrons. The van der Waals surface area contributed by atoms with Gasteiger partial charge in [0.2, 0.25) is 5.91 Å². The highest BCUT2D eigenvalue weighted by Crippen LogP contribution is 2.14. The van der Waals surface area contributed by atoms with E-state index in [4.69, 9.17) is 0 Å². The lowest BCUT2D eigenvalue weighted by molar-refractivity contribution is -0.128. The number of hydrogen-bond acceptors (Lipinski definition) is 2. The lowest BCUT2D eigenvalue weighted by atomic mass is 10.1.